The average Bonchev–Trinajstić information content (AvgIpc) is 2.51. The molecule has 0 amide bonds. The van der Waals surface area contributed by atoms with E-state index in [1.807, 2.05) is 19.9 Å². The van der Waals surface area contributed by atoms with Gasteiger partial charge in [-0.25, -0.2) is 0 Å². The van der Waals surface area contributed by atoms with Gasteiger partial charge in [0, 0.05) is 25.8 Å². The van der Waals surface area contributed by atoms with Crippen molar-refractivity contribution in [2.24, 2.45) is 0 Å². The Labute approximate surface area is 78.2 Å². The van der Waals surface area contributed by atoms with E-state index in [-0.39, 0.29) is 0 Å². The molecule has 1 rings (SSSR count). The van der Waals surface area contributed by atoms with Gasteiger partial charge in [-0.1, -0.05) is 5.16 Å². The summed E-state index contributed by atoms with van der Waals surface area (Å²) in [6.45, 7) is 6.97. The van der Waals surface area contributed by atoms with Crippen LogP contribution in [0, 0.1) is 6.92 Å². The molecule has 0 aliphatic carbocycles. The molecule has 13 heavy (non-hydrogen) atoms. The molecule has 4 nitrogen and oxygen atoms in total. The van der Waals surface area contributed by atoms with Gasteiger partial charge in [-0.2, -0.15) is 0 Å². The molecule has 0 aromatic carbocycles. The Kier molecular flexibility index (Phi) is 4.49. The van der Waals surface area contributed by atoms with Crippen molar-refractivity contribution in [3.63, 3.8) is 0 Å². The number of hydrogen-bond acceptors (Lipinski definition) is 4. The first-order valence-electron chi connectivity index (χ1n) is 4.53. The van der Waals surface area contributed by atoms with Gasteiger partial charge in [-0.15, -0.1) is 0 Å². The topological polar surface area (TPSA) is 47.3 Å². The highest BCUT2D eigenvalue weighted by molar-refractivity contribution is 5.02. The van der Waals surface area contributed by atoms with Crippen LogP contribution in [-0.2, 0) is 11.3 Å². The summed E-state index contributed by atoms with van der Waals surface area (Å²) in [4.78, 5) is 0. The van der Waals surface area contributed by atoms with Crippen molar-refractivity contribution in [1.29, 1.82) is 0 Å². The quantitative estimate of drug-likeness (QED) is 0.673. The molecule has 1 N–H and O–H groups in total. The molecule has 0 aliphatic heterocycles. The summed E-state index contributed by atoms with van der Waals surface area (Å²) in [6, 6.07) is 1.92. The second kappa shape index (κ2) is 5.72. The number of nitrogens with one attached hydrogen (secondary N) is 1. The Morgan fingerprint density at radius 3 is 3.08 bits per heavy atom. The number of rotatable bonds is 6. The van der Waals surface area contributed by atoms with E-state index >= 15 is 0 Å². The van der Waals surface area contributed by atoms with Crippen LogP contribution in [0.15, 0.2) is 10.6 Å². The standard InChI is InChI=1S/C9H16N2O2/c1-3-12-5-4-10-7-9-6-8(2)13-11-9/h6,10H,3-5,7H2,1-2H3. The summed E-state index contributed by atoms with van der Waals surface area (Å²) < 4.78 is 10.1. The van der Waals surface area contributed by atoms with Gasteiger partial charge < -0.3 is 14.6 Å². The van der Waals surface area contributed by atoms with Gasteiger partial charge in [0.2, 0.25) is 0 Å². The fourth-order valence-corrected chi connectivity index (χ4v) is 1.01. The lowest BCUT2D eigenvalue weighted by Crippen LogP contribution is -2.19. The Bertz CT molecular complexity index is 235. The van der Waals surface area contributed by atoms with Gasteiger partial charge in [0.25, 0.3) is 0 Å². The van der Waals surface area contributed by atoms with Crippen LogP contribution in [0.25, 0.3) is 0 Å². The lowest BCUT2D eigenvalue weighted by molar-refractivity contribution is 0.149. The Hall–Kier alpha value is -0.870. The van der Waals surface area contributed by atoms with Crippen molar-refractivity contribution < 1.29 is 9.26 Å². The van der Waals surface area contributed by atoms with Crippen LogP contribution >= 0.6 is 0 Å². The summed E-state index contributed by atoms with van der Waals surface area (Å²) in [6.07, 6.45) is 0. The van der Waals surface area contributed by atoms with Crippen molar-refractivity contribution in [3.05, 3.63) is 17.5 Å². The first-order chi connectivity index (χ1) is 6.33. The Balaban J connectivity index is 2.06. The molecule has 0 bridgehead atoms. The lowest BCUT2D eigenvalue weighted by atomic mass is 10.4. The highest BCUT2D eigenvalue weighted by Crippen LogP contribution is 1.99. The number of ether oxygens (including phenoxy) is 1. The van der Waals surface area contributed by atoms with Crippen molar-refractivity contribution >= 4 is 0 Å². The summed E-state index contributed by atoms with van der Waals surface area (Å²) in [5.74, 6) is 0.849. The van der Waals surface area contributed by atoms with Gasteiger partial charge in [0.15, 0.2) is 0 Å². The third kappa shape index (κ3) is 4.05. The van der Waals surface area contributed by atoms with Crippen LogP contribution in [0.4, 0.5) is 0 Å². The summed E-state index contributed by atoms with van der Waals surface area (Å²) >= 11 is 0. The van der Waals surface area contributed by atoms with Crippen LogP contribution in [0.5, 0.6) is 0 Å². The predicted octanol–water partition coefficient (Wildman–Crippen LogP) is 1.11. The van der Waals surface area contributed by atoms with Crippen molar-refractivity contribution in [1.82, 2.24) is 10.5 Å². The summed E-state index contributed by atoms with van der Waals surface area (Å²) in [5.41, 5.74) is 0.939. The maximum Gasteiger partial charge on any atom is 0.133 e. The maximum atomic E-state index is 5.17. The van der Waals surface area contributed by atoms with Crippen LogP contribution in [0.1, 0.15) is 18.4 Å². The first kappa shape index (κ1) is 10.2. The Morgan fingerprint density at radius 2 is 2.46 bits per heavy atom. The minimum atomic E-state index is 0.740. The zero-order valence-corrected chi connectivity index (χ0v) is 8.17. The molecule has 0 radical (unpaired) electrons. The molecule has 1 aromatic rings. The van der Waals surface area contributed by atoms with Gasteiger partial charge in [-0.3, -0.25) is 0 Å². The fraction of sp³-hybridized carbons (Fsp3) is 0.667. The third-order valence-corrected chi connectivity index (χ3v) is 1.61. The van der Waals surface area contributed by atoms with Gasteiger partial charge in [0.05, 0.1) is 12.3 Å². The van der Waals surface area contributed by atoms with Crippen molar-refractivity contribution in [3.8, 4) is 0 Å². The van der Waals surface area contributed by atoms with E-state index in [4.69, 9.17) is 9.26 Å². The van der Waals surface area contributed by atoms with Crippen LogP contribution in [0.3, 0.4) is 0 Å². The summed E-state index contributed by atoms with van der Waals surface area (Å²) in [5, 5.41) is 7.06. The smallest absolute Gasteiger partial charge is 0.133 e. The van der Waals surface area contributed by atoms with E-state index in [1.54, 1.807) is 0 Å². The highest BCUT2D eigenvalue weighted by atomic mass is 16.5. The number of hydrogen-bond donors (Lipinski definition) is 1. The molecule has 4 heteroatoms. The van der Waals surface area contributed by atoms with E-state index in [2.05, 4.69) is 10.5 Å². The number of aryl methyl sites for hydroxylation is 1. The fourth-order valence-electron chi connectivity index (χ4n) is 1.01. The van der Waals surface area contributed by atoms with E-state index in [0.717, 1.165) is 37.8 Å². The van der Waals surface area contributed by atoms with E-state index in [9.17, 15) is 0 Å². The molecule has 0 spiro atoms. The van der Waals surface area contributed by atoms with E-state index in [1.165, 1.54) is 0 Å². The molecular weight excluding hydrogens is 168 g/mol. The second-order valence-corrected chi connectivity index (χ2v) is 2.80. The largest absolute Gasteiger partial charge is 0.380 e. The SMILES string of the molecule is CCOCCNCc1cc(C)on1. The molecule has 1 heterocycles. The van der Waals surface area contributed by atoms with Gasteiger partial charge in [-0.05, 0) is 13.8 Å². The van der Waals surface area contributed by atoms with Crippen LogP contribution in [-0.4, -0.2) is 24.9 Å². The van der Waals surface area contributed by atoms with Crippen LogP contribution < -0.4 is 5.32 Å². The van der Waals surface area contributed by atoms with Gasteiger partial charge >= 0.3 is 0 Å². The third-order valence-electron chi connectivity index (χ3n) is 1.61. The molecule has 0 atom stereocenters. The average molecular weight is 184 g/mol. The van der Waals surface area contributed by atoms with E-state index in [0.29, 0.717) is 0 Å². The minimum absolute atomic E-state index is 0.740. The second-order valence-electron chi connectivity index (χ2n) is 2.80. The Morgan fingerprint density at radius 1 is 1.62 bits per heavy atom. The highest BCUT2D eigenvalue weighted by Gasteiger charge is 1.98. The lowest BCUT2D eigenvalue weighted by Gasteiger charge is -2.01. The zero-order valence-electron chi connectivity index (χ0n) is 8.17. The van der Waals surface area contributed by atoms with Crippen LogP contribution in [0.2, 0.25) is 0 Å². The normalized spacial score (nSPS) is 10.6. The predicted molar refractivity (Wildman–Crippen MR) is 49.4 cm³/mol. The molecule has 0 aliphatic rings. The molecule has 0 unspecified atom stereocenters. The van der Waals surface area contributed by atoms with Gasteiger partial charge in [0.1, 0.15) is 5.76 Å². The molecule has 74 valence electrons. The summed E-state index contributed by atoms with van der Waals surface area (Å²) in [7, 11) is 0. The van der Waals surface area contributed by atoms with E-state index < -0.39 is 0 Å². The van der Waals surface area contributed by atoms with Crippen molar-refractivity contribution in [2.75, 3.05) is 19.8 Å². The molecule has 0 saturated heterocycles. The zero-order chi connectivity index (χ0) is 9.52. The first-order valence-corrected chi connectivity index (χ1v) is 4.53. The number of aromatic nitrogens is 1. The monoisotopic (exact) mass is 184 g/mol. The minimum Gasteiger partial charge on any atom is -0.380 e. The molecular formula is C9H16N2O2. The van der Waals surface area contributed by atoms with Crippen molar-refractivity contribution in [2.45, 2.75) is 20.4 Å². The number of nitrogens with zero attached hydrogens (tertiary/aromatic N) is 1. The molecule has 0 fully saturated rings. The maximum absolute atomic E-state index is 5.17. The molecule has 0 saturated carbocycles. The molecule has 1 aromatic heterocycles.